The van der Waals surface area contributed by atoms with Crippen LogP contribution in [0.1, 0.15) is 20.3 Å². The number of ether oxygens (including phenoxy) is 2. The van der Waals surface area contributed by atoms with Crippen molar-refractivity contribution >= 4 is 11.8 Å². The lowest BCUT2D eigenvalue weighted by molar-refractivity contribution is 0.333. The first-order valence-electron chi connectivity index (χ1n) is 5.48. The van der Waals surface area contributed by atoms with E-state index in [2.05, 4.69) is 30.4 Å². The summed E-state index contributed by atoms with van der Waals surface area (Å²) in [6.45, 7) is 7.88. The second-order valence-corrected chi connectivity index (χ2v) is 4.07. The maximum atomic E-state index is 5.29. The predicted octanol–water partition coefficient (Wildman–Crippen LogP) is 2.06. The molecule has 1 unspecified atom stereocenters. The number of methoxy groups -OCH3 is 2. The Morgan fingerprint density at radius 2 is 1.88 bits per heavy atom. The third kappa shape index (κ3) is 2.62. The van der Waals surface area contributed by atoms with Crippen LogP contribution in [0.5, 0.6) is 0 Å². The zero-order chi connectivity index (χ0) is 12.1. The highest BCUT2D eigenvalue weighted by molar-refractivity contribution is 5.94. The van der Waals surface area contributed by atoms with Crippen molar-refractivity contribution in [2.45, 2.75) is 32.4 Å². The summed E-state index contributed by atoms with van der Waals surface area (Å²) < 4.78 is 10.6. The molecule has 0 N–H and O–H groups in total. The topological polar surface area (TPSA) is 43.2 Å². The second kappa shape index (κ2) is 5.68. The Bertz CT molecular complexity index is 308. The van der Waals surface area contributed by atoms with Gasteiger partial charge in [-0.25, -0.2) is 9.98 Å². The molecule has 1 heterocycles. The average molecular weight is 224 g/mol. The zero-order valence-corrected chi connectivity index (χ0v) is 10.4. The van der Waals surface area contributed by atoms with E-state index in [9.17, 15) is 0 Å². The molecule has 2 atom stereocenters. The lowest BCUT2D eigenvalue weighted by atomic mass is 10.0. The molecule has 1 aliphatic heterocycles. The molecule has 0 aromatic carbocycles. The largest absolute Gasteiger partial charge is 0.483 e. The Balaban J connectivity index is 2.96. The Labute approximate surface area is 97.1 Å². The van der Waals surface area contributed by atoms with Crippen molar-refractivity contribution in [3.63, 3.8) is 0 Å². The number of aliphatic imine (C=N–C) groups is 2. The Hall–Kier alpha value is -1.32. The van der Waals surface area contributed by atoms with Gasteiger partial charge >= 0.3 is 0 Å². The summed E-state index contributed by atoms with van der Waals surface area (Å²) in [5.74, 6) is 1.69. The number of nitrogens with zero attached hydrogens (tertiary/aromatic N) is 2. The molecule has 1 rings (SSSR count). The van der Waals surface area contributed by atoms with Crippen molar-refractivity contribution in [1.29, 1.82) is 0 Å². The van der Waals surface area contributed by atoms with Crippen LogP contribution in [0.3, 0.4) is 0 Å². The van der Waals surface area contributed by atoms with E-state index >= 15 is 0 Å². The lowest BCUT2D eigenvalue weighted by Gasteiger charge is -2.26. The van der Waals surface area contributed by atoms with Gasteiger partial charge in [-0.1, -0.05) is 19.9 Å². The first kappa shape index (κ1) is 12.7. The molecule has 0 spiro atoms. The van der Waals surface area contributed by atoms with E-state index in [1.54, 1.807) is 14.2 Å². The van der Waals surface area contributed by atoms with Crippen molar-refractivity contribution in [3.05, 3.63) is 12.7 Å². The van der Waals surface area contributed by atoms with E-state index in [1.807, 2.05) is 6.08 Å². The summed E-state index contributed by atoms with van der Waals surface area (Å²) in [6.07, 6.45) is 2.52. The third-order valence-corrected chi connectivity index (χ3v) is 2.53. The molecule has 1 aliphatic rings. The summed E-state index contributed by atoms with van der Waals surface area (Å²) in [7, 11) is 3.26. The molecule has 4 nitrogen and oxygen atoms in total. The summed E-state index contributed by atoms with van der Waals surface area (Å²) >= 11 is 0. The summed E-state index contributed by atoms with van der Waals surface area (Å²) in [5.41, 5.74) is 0. The van der Waals surface area contributed by atoms with Gasteiger partial charge in [0, 0.05) is 0 Å². The van der Waals surface area contributed by atoms with Crippen molar-refractivity contribution in [1.82, 2.24) is 0 Å². The fourth-order valence-corrected chi connectivity index (χ4v) is 1.67. The van der Waals surface area contributed by atoms with Crippen LogP contribution in [0.25, 0.3) is 0 Å². The van der Waals surface area contributed by atoms with Gasteiger partial charge < -0.3 is 9.47 Å². The molecule has 0 fully saturated rings. The van der Waals surface area contributed by atoms with Gasteiger partial charge in [-0.2, -0.15) is 0 Å². The number of hydrogen-bond acceptors (Lipinski definition) is 4. The molecule has 0 aromatic heterocycles. The monoisotopic (exact) mass is 224 g/mol. The Kier molecular flexibility index (Phi) is 4.52. The normalized spacial score (nSPS) is 24.8. The van der Waals surface area contributed by atoms with Gasteiger partial charge in [0.05, 0.1) is 14.2 Å². The van der Waals surface area contributed by atoms with Crippen LogP contribution in [-0.2, 0) is 9.47 Å². The first-order valence-corrected chi connectivity index (χ1v) is 5.48. The molecule has 0 aliphatic carbocycles. The summed E-state index contributed by atoms with van der Waals surface area (Å²) in [6, 6.07) is -0.131. The molecule has 16 heavy (non-hydrogen) atoms. The maximum Gasteiger partial charge on any atom is 0.209 e. The van der Waals surface area contributed by atoms with E-state index < -0.39 is 0 Å². The van der Waals surface area contributed by atoms with Crippen LogP contribution < -0.4 is 0 Å². The van der Waals surface area contributed by atoms with Gasteiger partial charge in [0.25, 0.3) is 0 Å². The minimum Gasteiger partial charge on any atom is -0.483 e. The van der Waals surface area contributed by atoms with E-state index in [0.717, 1.165) is 0 Å². The molecule has 0 aromatic rings. The second-order valence-electron chi connectivity index (χ2n) is 4.07. The van der Waals surface area contributed by atoms with Gasteiger partial charge in [0.15, 0.2) is 0 Å². The lowest BCUT2D eigenvalue weighted by Crippen LogP contribution is -2.37. The molecule has 90 valence electrons. The van der Waals surface area contributed by atoms with Crippen molar-refractivity contribution in [3.8, 4) is 0 Å². The van der Waals surface area contributed by atoms with E-state index in [0.29, 0.717) is 24.1 Å². The summed E-state index contributed by atoms with van der Waals surface area (Å²) in [5, 5.41) is 0. The average Bonchev–Trinajstić information content (AvgIpc) is 2.28. The van der Waals surface area contributed by atoms with Crippen LogP contribution in [-0.4, -0.2) is 38.1 Å². The molecule has 0 bridgehead atoms. The standard InChI is InChI=1S/C12H20N2O2/c1-6-7-9-11(15-4)14-10(8(2)3)12(13-9)16-5/h6,8-10H,1,7H2,2-5H3/t9?,10-/m1/s1. The minimum atomic E-state index is -0.0903. The minimum absolute atomic E-state index is 0.0407. The quantitative estimate of drug-likeness (QED) is 0.689. The van der Waals surface area contributed by atoms with E-state index in [4.69, 9.17) is 9.47 Å². The van der Waals surface area contributed by atoms with Gasteiger partial charge in [0.2, 0.25) is 11.8 Å². The molecule has 0 amide bonds. The highest BCUT2D eigenvalue weighted by Crippen LogP contribution is 2.18. The van der Waals surface area contributed by atoms with E-state index in [1.165, 1.54) is 0 Å². The SMILES string of the molecule is C=CCC1N=C(OC)[C@@H](C(C)C)N=C1OC. The highest BCUT2D eigenvalue weighted by atomic mass is 16.5. The molecular weight excluding hydrogens is 204 g/mol. The van der Waals surface area contributed by atoms with Crippen LogP contribution in [0.2, 0.25) is 0 Å². The summed E-state index contributed by atoms with van der Waals surface area (Å²) in [4.78, 5) is 9.06. The molecule has 4 heteroatoms. The predicted molar refractivity (Wildman–Crippen MR) is 66.1 cm³/mol. The van der Waals surface area contributed by atoms with Gasteiger partial charge in [-0.3, -0.25) is 0 Å². The fraction of sp³-hybridized carbons (Fsp3) is 0.667. The van der Waals surface area contributed by atoms with Crippen molar-refractivity contribution < 1.29 is 9.47 Å². The van der Waals surface area contributed by atoms with Crippen LogP contribution >= 0.6 is 0 Å². The van der Waals surface area contributed by atoms with Gasteiger partial charge in [-0.15, -0.1) is 6.58 Å². The van der Waals surface area contributed by atoms with Crippen LogP contribution in [0, 0.1) is 5.92 Å². The smallest absolute Gasteiger partial charge is 0.209 e. The van der Waals surface area contributed by atoms with Crippen molar-refractivity contribution in [2.75, 3.05) is 14.2 Å². The molecular formula is C12H20N2O2. The molecule has 0 saturated heterocycles. The zero-order valence-electron chi connectivity index (χ0n) is 10.4. The van der Waals surface area contributed by atoms with Gasteiger partial charge in [-0.05, 0) is 12.3 Å². The van der Waals surface area contributed by atoms with E-state index in [-0.39, 0.29) is 12.1 Å². The number of hydrogen-bond donors (Lipinski definition) is 0. The highest BCUT2D eigenvalue weighted by Gasteiger charge is 2.29. The molecule has 0 radical (unpaired) electrons. The number of rotatable bonds is 3. The maximum absolute atomic E-state index is 5.29. The Morgan fingerprint density at radius 3 is 2.31 bits per heavy atom. The molecule has 0 saturated carbocycles. The van der Waals surface area contributed by atoms with Gasteiger partial charge in [0.1, 0.15) is 12.1 Å². The third-order valence-electron chi connectivity index (χ3n) is 2.53. The Morgan fingerprint density at radius 1 is 1.25 bits per heavy atom. The first-order chi connectivity index (χ1) is 7.63. The van der Waals surface area contributed by atoms with Crippen molar-refractivity contribution in [2.24, 2.45) is 15.9 Å². The fourth-order valence-electron chi connectivity index (χ4n) is 1.67. The van der Waals surface area contributed by atoms with Crippen LogP contribution in [0.15, 0.2) is 22.6 Å². The van der Waals surface area contributed by atoms with Crippen LogP contribution in [0.4, 0.5) is 0 Å².